The van der Waals surface area contributed by atoms with Gasteiger partial charge in [0, 0.05) is 56.5 Å². The highest BCUT2D eigenvalue weighted by atomic mass is 16.3. The molecule has 4 rings (SSSR count). The van der Waals surface area contributed by atoms with Crippen molar-refractivity contribution in [2.24, 2.45) is 0 Å². The molecule has 0 spiro atoms. The summed E-state index contributed by atoms with van der Waals surface area (Å²) in [5, 5.41) is 9.73. The van der Waals surface area contributed by atoms with E-state index in [1.54, 1.807) is 0 Å². The average molecular weight is 426 g/mol. The van der Waals surface area contributed by atoms with Gasteiger partial charge in [0.1, 0.15) is 11.5 Å². The van der Waals surface area contributed by atoms with E-state index in [0.717, 1.165) is 49.7 Å². The number of piperazine rings is 1. The number of nitrogens with zero attached hydrogens (tertiary/aromatic N) is 3. The lowest BCUT2D eigenvalue weighted by Gasteiger charge is -2.48. The first-order valence-electron chi connectivity index (χ1n) is 12.0. The van der Waals surface area contributed by atoms with Gasteiger partial charge in [-0.3, -0.25) is 9.80 Å². The van der Waals surface area contributed by atoms with E-state index in [-0.39, 0.29) is 6.61 Å². The van der Waals surface area contributed by atoms with Crippen molar-refractivity contribution in [1.29, 1.82) is 0 Å². The number of hydrogen-bond donors (Lipinski definition) is 1. The molecule has 1 N–H and O–H groups in total. The first kappa shape index (κ1) is 22.5. The Balaban J connectivity index is 1.38. The summed E-state index contributed by atoms with van der Waals surface area (Å²) in [6, 6.07) is 14.6. The van der Waals surface area contributed by atoms with Crippen LogP contribution in [-0.4, -0.2) is 77.3 Å². The van der Waals surface area contributed by atoms with Crippen LogP contribution in [0.1, 0.15) is 44.4 Å². The van der Waals surface area contributed by atoms with Crippen molar-refractivity contribution in [2.75, 3.05) is 39.3 Å². The van der Waals surface area contributed by atoms with Crippen molar-refractivity contribution in [3.8, 4) is 11.3 Å². The number of furan rings is 1. The predicted molar refractivity (Wildman–Crippen MR) is 126 cm³/mol. The smallest absolute Gasteiger partial charge is 0.134 e. The van der Waals surface area contributed by atoms with Gasteiger partial charge in [-0.25, -0.2) is 0 Å². The van der Waals surface area contributed by atoms with Gasteiger partial charge in [-0.2, -0.15) is 0 Å². The van der Waals surface area contributed by atoms with Gasteiger partial charge in [-0.1, -0.05) is 18.2 Å². The third kappa shape index (κ3) is 5.58. The number of aliphatic hydroxyl groups excluding tert-OH is 1. The Bertz CT molecular complexity index is 826. The van der Waals surface area contributed by atoms with E-state index in [1.165, 1.54) is 31.5 Å². The number of likely N-dealkylation sites (tertiary alicyclic amines) is 1. The second-order valence-electron chi connectivity index (χ2n) is 9.61. The minimum atomic E-state index is 0.271. The van der Waals surface area contributed by atoms with Crippen LogP contribution in [0.3, 0.4) is 0 Å². The molecule has 5 nitrogen and oxygen atoms in total. The quantitative estimate of drug-likeness (QED) is 0.726. The molecule has 2 aliphatic heterocycles. The highest BCUT2D eigenvalue weighted by Crippen LogP contribution is 2.26. The number of rotatable bonds is 7. The van der Waals surface area contributed by atoms with Gasteiger partial charge in [-0.05, 0) is 76.9 Å². The van der Waals surface area contributed by atoms with Crippen molar-refractivity contribution in [2.45, 2.75) is 64.7 Å². The molecule has 3 heterocycles. The van der Waals surface area contributed by atoms with E-state index in [2.05, 4.69) is 58.9 Å². The zero-order valence-corrected chi connectivity index (χ0v) is 19.5. The summed E-state index contributed by atoms with van der Waals surface area (Å²) in [5.41, 5.74) is 2.47. The van der Waals surface area contributed by atoms with Gasteiger partial charge in [-0.15, -0.1) is 0 Å². The summed E-state index contributed by atoms with van der Waals surface area (Å²) in [6.07, 6.45) is 3.38. The first-order valence-corrected chi connectivity index (χ1v) is 12.0. The molecule has 1 atom stereocenters. The summed E-state index contributed by atoms with van der Waals surface area (Å²) in [5.74, 6) is 1.89. The summed E-state index contributed by atoms with van der Waals surface area (Å²) in [6.45, 7) is 13.5. The Morgan fingerprint density at radius 1 is 1.06 bits per heavy atom. The number of aliphatic hydroxyl groups is 1. The van der Waals surface area contributed by atoms with Gasteiger partial charge < -0.3 is 14.4 Å². The second-order valence-corrected chi connectivity index (χ2v) is 9.61. The Morgan fingerprint density at radius 3 is 2.55 bits per heavy atom. The molecular formula is C26H39N3O2. The van der Waals surface area contributed by atoms with Gasteiger partial charge in [0.05, 0.1) is 0 Å². The largest absolute Gasteiger partial charge is 0.461 e. The van der Waals surface area contributed by atoms with E-state index in [0.29, 0.717) is 18.1 Å². The molecule has 0 amide bonds. The Hall–Kier alpha value is -1.66. The molecule has 1 aromatic heterocycles. The van der Waals surface area contributed by atoms with Crippen molar-refractivity contribution >= 4 is 0 Å². The van der Waals surface area contributed by atoms with Crippen LogP contribution in [0, 0.1) is 6.92 Å². The maximum atomic E-state index is 9.73. The fourth-order valence-electron chi connectivity index (χ4n) is 5.37. The summed E-state index contributed by atoms with van der Waals surface area (Å²) in [4.78, 5) is 7.88. The molecule has 0 aliphatic carbocycles. The lowest BCUT2D eigenvalue weighted by Crippen LogP contribution is -2.58. The Morgan fingerprint density at radius 2 is 1.87 bits per heavy atom. The van der Waals surface area contributed by atoms with Gasteiger partial charge in [0.2, 0.25) is 0 Å². The van der Waals surface area contributed by atoms with E-state index in [9.17, 15) is 5.11 Å². The molecular weight excluding hydrogens is 386 g/mol. The molecule has 0 saturated carbocycles. The minimum Gasteiger partial charge on any atom is -0.461 e. The molecule has 2 saturated heterocycles. The Kier molecular flexibility index (Phi) is 7.49. The first-order chi connectivity index (χ1) is 15.0. The van der Waals surface area contributed by atoms with Crippen LogP contribution in [0.15, 0.2) is 40.8 Å². The third-order valence-corrected chi connectivity index (χ3v) is 7.13. The molecule has 1 aromatic carbocycles. The maximum Gasteiger partial charge on any atom is 0.134 e. The highest BCUT2D eigenvalue weighted by Gasteiger charge is 2.33. The van der Waals surface area contributed by atoms with Crippen LogP contribution >= 0.6 is 0 Å². The normalized spacial score (nSPS) is 22.4. The summed E-state index contributed by atoms with van der Waals surface area (Å²) >= 11 is 0. The number of benzene rings is 1. The molecule has 2 aromatic rings. The third-order valence-electron chi connectivity index (χ3n) is 7.13. The molecule has 31 heavy (non-hydrogen) atoms. The van der Waals surface area contributed by atoms with Crippen LogP contribution in [-0.2, 0) is 6.54 Å². The lowest BCUT2D eigenvalue weighted by atomic mass is 9.97. The Labute approximate surface area is 187 Å². The zero-order chi connectivity index (χ0) is 21.8. The fraction of sp³-hybridized carbons (Fsp3) is 0.615. The van der Waals surface area contributed by atoms with Crippen LogP contribution in [0.4, 0.5) is 0 Å². The number of aryl methyl sites for hydroxylation is 1. The monoisotopic (exact) mass is 425 g/mol. The molecule has 170 valence electrons. The zero-order valence-electron chi connectivity index (χ0n) is 19.5. The van der Waals surface area contributed by atoms with Crippen LogP contribution in [0.25, 0.3) is 11.3 Å². The molecule has 2 aliphatic rings. The fourth-order valence-corrected chi connectivity index (χ4v) is 5.37. The van der Waals surface area contributed by atoms with Crippen molar-refractivity contribution in [3.05, 3.63) is 47.7 Å². The van der Waals surface area contributed by atoms with Gasteiger partial charge >= 0.3 is 0 Å². The molecule has 2 fully saturated rings. The molecule has 0 unspecified atom stereocenters. The van der Waals surface area contributed by atoms with E-state index in [4.69, 9.17) is 4.42 Å². The SMILES string of the molecule is Cc1ccc(-c2cccc(CN3CCN(C4CCN(C(C)C)CC4)[C@H](CCO)C3)c2)o1. The van der Waals surface area contributed by atoms with Crippen LogP contribution in [0.5, 0.6) is 0 Å². The highest BCUT2D eigenvalue weighted by molar-refractivity contribution is 5.58. The van der Waals surface area contributed by atoms with Gasteiger partial charge in [0.15, 0.2) is 0 Å². The van der Waals surface area contributed by atoms with Crippen molar-refractivity contribution < 1.29 is 9.52 Å². The van der Waals surface area contributed by atoms with E-state index < -0.39 is 0 Å². The van der Waals surface area contributed by atoms with Crippen molar-refractivity contribution in [3.63, 3.8) is 0 Å². The molecule has 0 radical (unpaired) electrons. The van der Waals surface area contributed by atoms with Crippen molar-refractivity contribution in [1.82, 2.24) is 14.7 Å². The average Bonchev–Trinajstić information content (AvgIpc) is 3.21. The second kappa shape index (κ2) is 10.3. The van der Waals surface area contributed by atoms with Gasteiger partial charge in [0.25, 0.3) is 0 Å². The van der Waals surface area contributed by atoms with E-state index in [1.807, 2.05) is 13.0 Å². The van der Waals surface area contributed by atoms with E-state index >= 15 is 0 Å². The predicted octanol–water partition coefficient (Wildman–Crippen LogP) is 4.00. The minimum absolute atomic E-state index is 0.271. The standard InChI is InChI=1S/C26H39N3O2/c1-20(2)28-12-9-24(10-13-28)29-15-14-27(19-25(29)11-16-30)18-22-5-4-6-23(17-22)26-8-7-21(3)31-26/h4-8,17,20,24-25,30H,9-16,18-19H2,1-3H3/t25-/m1/s1. The van der Waals surface area contributed by atoms with Crippen LogP contribution < -0.4 is 0 Å². The molecule has 5 heteroatoms. The van der Waals surface area contributed by atoms with Crippen LogP contribution in [0.2, 0.25) is 0 Å². The lowest BCUT2D eigenvalue weighted by molar-refractivity contribution is -0.0000264. The summed E-state index contributed by atoms with van der Waals surface area (Å²) < 4.78 is 5.82. The topological polar surface area (TPSA) is 43.1 Å². The summed E-state index contributed by atoms with van der Waals surface area (Å²) in [7, 11) is 0. The number of piperidine rings is 1. The maximum absolute atomic E-state index is 9.73. The number of hydrogen-bond acceptors (Lipinski definition) is 5. The molecule has 0 bridgehead atoms.